The highest BCUT2D eigenvalue weighted by Gasteiger charge is 2.33. The second-order valence-electron chi connectivity index (χ2n) is 4.04. The fourth-order valence-electron chi connectivity index (χ4n) is 1.64. The summed E-state index contributed by atoms with van der Waals surface area (Å²) in [5, 5.41) is 17.6. The molecule has 2 atom stereocenters. The molecule has 2 N–H and O–H groups in total. The van der Waals surface area contributed by atoms with Crippen molar-refractivity contribution in [3.8, 4) is 0 Å². The van der Waals surface area contributed by atoms with E-state index in [1.54, 1.807) is 0 Å². The maximum Gasteiger partial charge on any atom is 0.316 e. The van der Waals surface area contributed by atoms with Crippen molar-refractivity contribution < 1.29 is 38.9 Å². The van der Waals surface area contributed by atoms with Gasteiger partial charge in [0.1, 0.15) is 19.1 Å². The van der Waals surface area contributed by atoms with E-state index in [1.165, 1.54) is 0 Å². The van der Waals surface area contributed by atoms with Crippen LogP contribution in [0.25, 0.3) is 0 Å². The van der Waals surface area contributed by atoms with Gasteiger partial charge in [-0.1, -0.05) is 0 Å². The molecule has 0 fully saturated rings. The van der Waals surface area contributed by atoms with Crippen molar-refractivity contribution in [1.29, 1.82) is 0 Å². The lowest BCUT2D eigenvalue weighted by Gasteiger charge is -2.18. The van der Waals surface area contributed by atoms with E-state index < -0.39 is 48.6 Å². The molecular weight excluding hydrogens is 272 g/mol. The van der Waals surface area contributed by atoms with Gasteiger partial charge in [-0.25, -0.2) is 0 Å². The lowest BCUT2D eigenvalue weighted by atomic mass is 9.86. The molecule has 0 aromatic rings. The van der Waals surface area contributed by atoms with Gasteiger partial charge in [0.05, 0.1) is 20.6 Å². The number of methoxy groups -OCH3 is 2. The van der Waals surface area contributed by atoms with Gasteiger partial charge < -0.3 is 19.7 Å². The van der Waals surface area contributed by atoms with Crippen molar-refractivity contribution in [3.05, 3.63) is 0 Å². The molecule has 0 amide bonds. The second kappa shape index (κ2) is 9.16. The van der Waals surface area contributed by atoms with E-state index in [2.05, 4.69) is 9.47 Å². The standard InChI is InChI=1S/C12H18O8/c1-19-11(17)4-7(9(15)5-13)3-8(10(16)6-14)12(18)20-2/h7-8,13-14H,3-6H2,1-2H3. The number of esters is 2. The van der Waals surface area contributed by atoms with Crippen LogP contribution in [0.3, 0.4) is 0 Å². The number of hydrogen-bond donors (Lipinski definition) is 2. The quantitative estimate of drug-likeness (QED) is 0.386. The fourth-order valence-corrected chi connectivity index (χ4v) is 1.64. The van der Waals surface area contributed by atoms with Crippen LogP contribution in [-0.4, -0.2) is 61.2 Å². The predicted molar refractivity (Wildman–Crippen MR) is 64.4 cm³/mol. The van der Waals surface area contributed by atoms with Crippen molar-refractivity contribution >= 4 is 23.5 Å². The summed E-state index contributed by atoms with van der Waals surface area (Å²) in [6, 6.07) is 0. The Morgan fingerprint density at radius 3 is 1.90 bits per heavy atom. The maximum absolute atomic E-state index is 11.5. The highest BCUT2D eigenvalue weighted by Crippen LogP contribution is 2.20. The molecule has 8 nitrogen and oxygen atoms in total. The van der Waals surface area contributed by atoms with Crippen LogP contribution in [0.1, 0.15) is 12.8 Å². The van der Waals surface area contributed by atoms with Gasteiger partial charge in [0, 0.05) is 5.92 Å². The molecule has 0 spiro atoms. The van der Waals surface area contributed by atoms with E-state index in [1.807, 2.05) is 0 Å². The molecule has 0 aliphatic heterocycles. The molecule has 8 heteroatoms. The molecule has 114 valence electrons. The van der Waals surface area contributed by atoms with E-state index in [0.29, 0.717) is 0 Å². The van der Waals surface area contributed by atoms with Crippen LogP contribution in [0.4, 0.5) is 0 Å². The third kappa shape index (κ3) is 5.45. The van der Waals surface area contributed by atoms with Gasteiger partial charge in [-0.2, -0.15) is 0 Å². The number of aliphatic hydroxyl groups excluding tert-OH is 2. The molecule has 0 saturated heterocycles. The summed E-state index contributed by atoms with van der Waals surface area (Å²) in [6.07, 6.45) is -0.706. The summed E-state index contributed by atoms with van der Waals surface area (Å²) in [4.78, 5) is 45.7. The summed E-state index contributed by atoms with van der Waals surface area (Å²) >= 11 is 0. The zero-order chi connectivity index (χ0) is 15.7. The fraction of sp³-hybridized carbons (Fsp3) is 0.667. The first-order valence-electron chi connectivity index (χ1n) is 5.83. The lowest BCUT2D eigenvalue weighted by Crippen LogP contribution is -2.33. The minimum absolute atomic E-state index is 0.333. The Kier molecular flexibility index (Phi) is 8.33. The minimum Gasteiger partial charge on any atom is -0.469 e. The Bertz CT molecular complexity index is 360. The van der Waals surface area contributed by atoms with Crippen LogP contribution in [0, 0.1) is 11.8 Å². The van der Waals surface area contributed by atoms with E-state index in [9.17, 15) is 19.2 Å². The van der Waals surface area contributed by atoms with Crippen molar-refractivity contribution in [2.75, 3.05) is 27.4 Å². The highest BCUT2D eigenvalue weighted by atomic mass is 16.5. The molecule has 20 heavy (non-hydrogen) atoms. The Hall–Kier alpha value is -1.80. The smallest absolute Gasteiger partial charge is 0.316 e. The van der Waals surface area contributed by atoms with Crippen LogP contribution in [-0.2, 0) is 28.7 Å². The van der Waals surface area contributed by atoms with Crippen LogP contribution in [0.15, 0.2) is 0 Å². The molecule has 0 aromatic carbocycles. The van der Waals surface area contributed by atoms with E-state index in [4.69, 9.17) is 10.2 Å². The largest absolute Gasteiger partial charge is 0.469 e. The number of rotatable bonds is 9. The average molecular weight is 290 g/mol. The van der Waals surface area contributed by atoms with Crippen molar-refractivity contribution in [2.45, 2.75) is 12.8 Å². The van der Waals surface area contributed by atoms with Gasteiger partial charge >= 0.3 is 11.9 Å². The molecular formula is C12H18O8. The van der Waals surface area contributed by atoms with Crippen molar-refractivity contribution in [3.63, 3.8) is 0 Å². The number of carbonyl (C=O) groups is 4. The highest BCUT2D eigenvalue weighted by molar-refractivity contribution is 6.00. The Morgan fingerprint density at radius 1 is 0.950 bits per heavy atom. The van der Waals surface area contributed by atoms with E-state index in [-0.39, 0.29) is 12.8 Å². The van der Waals surface area contributed by atoms with Gasteiger partial charge in [-0.05, 0) is 6.42 Å². The summed E-state index contributed by atoms with van der Waals surface area (Å²) < 4.78 is 8.83. The first kappa shape index (κ1) is 18.2. The number of Topliss-reactive ketones (excluding diaryl/α,β-unsaturated/α-hetero) is 2. The molecule has 0 heterocycles. The molecule has 0 aliphatic carbocycles. The normalized spacial score (nSPS) is 13.2. The molecule has 0 saturated carbocycles. The zero-order valence-electron chi connectivity index (χ0n) is 11.3. The average Bonchev–Trinajstić information content (AvgIpc) is 2.48. The molecule has 0 aromatic heterocycles. The van der Waals surface area contributed by atoms with Crippen LogP contribution >= 0.6 is 0 Å². The van der Waals surface area contributed by atoms with E-state index in [0.717, 1.165) is 14.2 Å². The Labute approximate surface area is 115 Å². The summed E-state index contributed by atoms with van der Waals surface area (Å²) in [6.45, 7) is -1.72. The van der Waals surface area contributed by atoms with Crippen molar-refractivity contribution in [1.82, 2.24) is 0 Å². The van der Waals surface area contributed by atoms with Gasteiger partial charge in [0.15, 0.2) is 11.6 Å². The van der Waals surface area contributed by atoms with Crippen molar-refractivity contribution in [2.24, 2.45) is 11.8 Å². The molecule has 0 rings (SSSR count). The molecule has 0 radical (unpaired) electrons. The Morgan fingerprint density at radius 2 is 1.50 bits per heavy atom. The topological polar surface area (TPSA) is 127 Å². The van der Waals surface area contributed by atoms with Crippen LogP contribution in [0.5, 0.6) is 0 Å². The molecule has 0 aliphatic rings. The van der Waals surface area contributed by atoms with E-state index >= 15 is 0 Å². The number of ether oxygens (including phenoxy) is 2. The number of hydrogen-bond acceptors (Lipinski definition) is 8. The van der Waals surface area contributed by atoms with Gasteiger partial charge in [0.25, 0.3) is 0 Å². The Balaban J connectivity index is 5.06. The number of ketones is 2. The molecule has 0 bridgehead atoms. The van der Waals surface area contributed by atoms with Crippen LogP contribution in [0.2, 0.25) is 0 Å². The summed E-state index contributed by atoms with van der Waals surface area (Å²) in [5.41, 5.74) is 0. The number of carbonyl (C=O) groups excluding carboxylic acids is 4. The second-order valence-corrected chi connectivity index (χ2v) is 4.04. The maximum atomic E-state index is 11.5. The zero-order valence-corrected chi connectivity index (χ0v) is 11.3. The minimum atomic E-state index is -1.37. The summed E-state index contributed by atoms with van der Waals surface area (Å²) in [5.74, 6) is -5.57. The first-order chi connectivity index (χ1) is 9.40. The van der Waals surface area contributed by atoms with Crippen LogP contribution < -0.4 is 0 Å². The lowest BCUT2D eigenvalue weighted by molar-refractivity contribution is -0.153. The SMILES string of the molecule is COC(=O)CC(CC(C(=O)CO)C(=O)OC)C(=O)CO. The van der Waals surface area contributed by atoms with Gasteiger partial charge in [0.2, 0.25) is 0 Å². The predicted octanol–water partition coefficient (Wildman–Crippen LogP) is -1.53. The third-order valence-electron chi connectivity index (χ3n) is 2.80. The summed E-state index contributed by atoms with van der Waals surface area (Å²) in [7, 11) is 2.18. The molecule has 2 unspecified atom stereocenters. The van der Waals surface area contributed by atoms with Gasteiger partial charge in [-0.3, -0.25) is 19.2 Å². The third-order valence-corrected chi connectivity index (χ3v) is 2.80. The number of aliphatic hydroxyl groups is 2. The van der Waals surface area contributed by atoms with Gasteiger partial charge in [-0.15, -0.1) is 0 Å². The monoisotopic (exact) mass is 290 g/mol. The first-order valence-corrected chi connectivity index (χ1v) is 5.83.